The summed E-state index contributed by atoms with van der Waals surface area (Å²) in [5, 5.41) is 0. The maximum atomic E-state index is 12.6. The Morgan fingerprint density at radius 2 is 1.26 bits per heavy atom. The molecule has 57 heavy (non-hydrogen) atoms. The van der Waals surface area contributed by atoms with Crippen LogP contribution >= 0.6 is 0 Å². The number of quaternary nitrogens is 2. The monoisotopic (exact) mass is 792 g/mol. The van der Waals surface area contributed by atoms with Gasteiger partial charge < -0.3 is 51.6 Å². The quantitative estimate of drug-likeness (QED) is 0.0626. The van der Waals surface area contributed by atoms with Gasteiger partial charge in [-0.2, -0.15) is 0 Å². The average molecular weight is 793 g/mol. The number of fused-ring (bicyclic) bond motifs is 1. The summed E-state index contributed by atoms with van der Waals surface area (Å²) in [6.45, 7) is 6.64. The molecule has 2 unspecified atom stereocenters. The lowest BCUT2D eigenvalue weighted by Crippen LogP contribution is -2.55. The highest BCUT2D eigenvalue weighted by Crippen LogP contribution is 2.43. The standard InChI is InChI=1S/C44H60N2O11/c1-45(19-16-34-29-38(50-3)39(51-4)30-36(34)37(45)26-32-10-12-35(49-2)13-11-32)17-8-22-56-42(47)14-15-43(48)57-23-9-18-46(20-24-55-25-21-46)31-33-27-40(52-5)44(54-7)41(28-33)53-6/h10-15,27-30,37H,8-9,16-26,31H2,1-7H3/q+2. The maximum absolute atomic E-state index is 12.6. The zero-order chi connectivity index (χ0) is 40.8. The number of benzene rings is 3. The Bertz CT molecular complexity index is 1800. The molecule has 5 rings (SSSR count). The summed E-state index contributed by atoms with van der Waals surface area (Å²) in [4.78, 5) is 25.2. The molecule has 0 radical (unpaired) electrons. The van der Waals surface area contributed by atoms with Gasteiger partial charge >= 0.3 is 11.9 Å². The highest BCUT2D eigenvalue weighted by molar-refractivity contribution is 5.91. The molecule has 2 atom stereocenters. The van der Waals surface area contributed by atoms with Crippen LogP contribution in [0.15, 0.2) is 60.7 Å². The summed E-state index contributed by atoms with van der Waals surface area (Å²) in [7, 11) is 12.1. The van der Waals surface area contributed by atoms with Crippen molar-refractivity contribution in [1.82, 2.24) is 0 Å². The number of hydrogen-bond acceptors (Lipinski definition) is 11. The van der Waals surface area contributed by atoms with Crippen LogP contribution in [-0.2, 0) is 43.2 Å². The van der Waals surface area contributed by atoms with Crippen molar-refractivity contribution in [1.29, 1.82) is 0 Å². The highest BCUT2D eigenvalue weighted by Gasteiger charge is 2.40. The van der Waals surface area contributed by atoms with Gasteiger partial charge in [-0.3, -0.25) is 0 Å². The van der Waals surface area contributed by atoms with Crippen LogP contribution in [0.3, 0.4) is 0 Å². The van der Waals surface area contributed by atoms with E-state index in [1.807, 2.05) is 24.3 Å². The van der Waals surface area contributed by atoms with E-state index in [4.69, 9.17) is 42.6 Å². The molecular weight excluding hydrogens is 732 g/mol. The van der Waals surface area contributed by atoms with E-state index < -0.39 is 11.9 Å². The van der Waals surface area contributed by atoms with Crippen molar-refractivity contribution < 1.29 is 61.2 Å². The molecule has 0 amide bonds. The number of esters is 2. The minimum Gasteiger partial charge on any atom is -0.497 e. The predicted octanol–water partition coefficient (Wildman–Crippen LogP) is 5.49. The number of morpholine rings is 1. The van der Waals surface area contributed by atoms with Gasteiger partial charge in [0.25, 0.3) is 0 Å². The average Bonchev–Trinajstić information content (AvgIpc) is 3.24. The largest absolute Gasteiger partial charge is 0.497 e. The smallest absolute Gasteiger partial charge is 0.331 e. The second-order valence-electron chi connectivity index (χ2n) is 14.8. The van der Waals surface area contributed by atoms with Crippen molar-refractivity contribution in [2.75, 3.05) is 109 Å². The zero-order valence-corrected chi connectivity index (χ0v) is 34.6. The lowest BCUT2D eigenvalue weighted by atomic mass is 9.86. The van der Waals surface area contributed by atoms with Gasteiger partial charge in [0, 0.05) is 49.0 Å². The van der Waals surface area contributed by atoms with Crippen LogP contribution in [0.1, 0.15) is 41.1 Å². The van der Waals surface area contributed by atoms with Gasteiger partial charge in [0.1, 0.15) is 31.4 Å². The fraction of sp³-hybridized carbons (Fsp3) is 0.500. The Balaban J connectivity index is 1.11. The Morgan fingerprint density at radius 1 is 0.684 bits per heavy atom. The number of likely N-dealkylation sites (N-methyl/N-ethyl adjacent to an activating group) is 1. The van der Waals surface area contributed by atoms with Crippen molar-refractivity contribution in [2.24, 2.45) is 0 Å². The molecule has 13 heteroatoms. The van der Waals surface area contributed by atoms with E-state index in [0.717, 1.165) is 90.3 Å². The predicted molar refractivity (Wildman–Crippen MR) is 214 cm³/mol. The number of nitrogens with zero attached hydrogens (tertiary/aromatic N) is 2. The molecule has 13 nitrogen and oxygen atoms in total. The second kappa shape index (κ2) is 20.4. The van der Waals surface area contributed by atoms with Gasteiger partial charge in [-0.1, -0.05) is 12.1 Å². The van der Waals surface area contributed by atoms with Crippen LogP contribution in [0.25, 0.3) is 0 Å². The summed E-state index contributed by atoms with van der Waals surface area (Å²) in [6.07, 6.45) is 5.29. The van der Waals surface area contributed by atoms with Crippen LogP contribution in [0.2, 0.25) is 0 Å². The molecule has 2 heterocycles. The number of carbonyl (C=O) groups excluding carboxylic acids is 2. The van der Waals surface area contributed by atoms with Crippen molar-refractivity contribution >= 4 is 11.9 Å². The second-order valence-corrected chi connectivity index (χ2v) is 14.8. The van der Waals surface area contributed by atoms with Crippen molar-refractivity contribution in [2.45, 2.75) is 38.3 Å². The van der Waals surface area contributed by atoms with Gasteiger partial charge in [0.05, 0.1) is 95.8 Å². The lowest BCUT2D eigenvalue weighted by Gasteiger charge is -2.46. The van der Waals surface area contributed by atoms with E-state index in [1.165, 1.54) is 16.7 Å². The summed E-state index contributed by atoms with van der Waals surface area (Å²) in [5.41, 5.74) is 4.74. The molecule has 3 aromatic carbocycles. The van der Waals surface area contributed by atoms with E-state index >= 15 is 0 Å². The van der Waals surface area contributed by atoms with Gasteiger partial charge in [0.2, 0.25) is 5.75 Å². The Hall–Kier alpha value is -4.98. The van der Waals surface area contributed by atoms with E-state index in [1.54, 1.807) is 42.7 Å². The van der Waals surface area contributed by atoms with Crippen molar-refractivity contribution in [3.63, 3.8) is 0 Å². The summed E-state index contributed by atoms with van der Waals surface area (Å²) in [5.74, 6) is 2.87. The first-order valence-electron chi connectivity index (χ1n) is 19.5. The minimum absolute atomic E-state index is 0.141. The van der Waals surface area contributed by atoms with Crippen molar-refractivity contribution in [3.05, 3.63) is 82.9 Å². The minimum atomic E-state index is -0.580. The van der Waals surface area contributed by atoms with Crippen LogP contribution in [0, 0.1) is 0 Å². The number of carbonyl (C=O) groups is 2. The van der Waals surface area contributed by atoms with E-state index in [-0.39, 0.29) is 19.3 Å². The molecule has 0 aromatic heterocycles. The SMILES string of the molecule is COc1ccc(CC2c3cc(OC)c(OC)cc3CC[N+]2(C)CCCOC(=O)C=CC(=O)OCCC[N+]2(Cc3cc(OC)c(OC)c(OC)c3)CCOCC2)cc1. The molecule has 0 spiro atoms. The first-order valence-corrected chi connectivity index (χ1v) is 19.5. The lowest BCUT2D eigenvalue weighted by molar-refractivity contribution is -0.947. The molecule has 1 fully saturated rings. The fourth-order valence-corrected chi connectivity index (χ4v) is 8.12. The number of ether oxygens (including phenoxy) is 9. The number of hydrogen-bond donors (Lipinski definition) is 0. The molecule has 2 aliphatic rings. The van der Waals surface area contributed by atoms with E-state index in [0.29, 0.717) is 49.1 Å². The molecule has 0 saturated carbocycles. The molecule has 3 aromatic rings. The molecule has 2 aliphatic heterocycles. The highest BCUT2D eigenvalue weighted by atomic mass is 16.5. The van der Waals surface area contributed by atoms with Crippen molar-refractivity contribution in [3.8, 4) is 34.5 Å². The van der Waals surface area contributed by atoms with Crippen LogP contribution < -0.4 is 28.4 Å². The molecule has 0 bridgehead atoms. The summed E-state index contributed by atoms with van der Waals surface area (Å²) in [6, 6.07) is 16.5. The Kier molecular flexibility index (Phi) is 15.5. The molecule has 1 saturated heterocycles. The summed E-state index contributed by atoms with van der Waals surface area (Å²) >= 11 is 0. The Morgan fingerprint density at radius 3 is 1.82 bits per heavy atom. The summed E-state index contributed by atoms with van der Waals surface area (Å²) < 4.78 is 51.6. The zero-order valence-electron chi connectivity index (χ0n) is 34.6. The fourth-order valence-electron chi connectivity index (χ4n) is 8.12. The third kappa shape index (κ3) is 11.1. The van der Waals surface area contributed by atoms with Gasteiger partial charge in [-0.05, 0) is 47.5 Å². The molecule has 310 valence electrons. The maximum Gasteiger partial charge on any atom is 0.331 e. The van der Waals surface area contributed by atoms with E-state index in [2.05, 4.69) is 31.3 Å². The van der Waals surface area contributed by atoms with Gasteiger partial charge in [-0.25, -0.2) is 9.59 Å². The normalized spacial score (nSPS) is 18.6. The molecular formula is C44H60N2O11+2. The molecule has 0 N–H and O–H groups in total. The van der Waals surface area contributed by atoms with Gasteiger partial charge in [0.15, 0.2) is 23.0 Å². The van der Waals surface area contributed by atoms with E-state index in [9.17, 15) is 9.59 Å². The first-order chi connectivity index (χ1) is 27.6. The topological polar surface area (TPSA) is 117 Å². The first kappa shape index (κ1) is 43.1. The van der Waals surface area contributed by atoms with Crippen LogP contribution in [0.4, 0.5) is 0 Å². The number of methoxy groups -OCH3 is 6. The van der Waals surface area contributed by atoms with Gasteiger partial charge in [-0.15, -0.1) is 0 Å². The third-order valence-electron chi connectivity index (χ3n) is 11.3. The molecule has 0 aliphatic carbocycles. The Labute approximate surface area is 337 Å². The third-order valence-corrected chi connectivity index (χ3v) is 11.3. The van der Waals surface area contributed by atoms with Crippen LogP contribution in [0.5, 0.6) is 34.5 Å². The number of rotatable bonds is 20. The van der Waals surface area contributed by atoms with Crippen LogP contribution in [-0.4, -0.2) is 130 Å².